The molecule has 0 saturated heterocycles. The Morgan fingerprint density at radius 2 is 1.92 bits per heavy atom. The summed E-state index contributed by atoms with van der Waals surface area (Å²) in [5.74, 6) is -1.03. The molecule has 26 heavy (non-hydrogen) atoms. The number of thiazole rings is 1. The molecule has 0 bridgehead atoms. The summed E-state index contributed by atoms with van der Waals surface area (Å²) in [5, 5.41) is 8.12. The summed E-state index contributed by atoms with van der Waals surface area (Å²) in [5.41, 5.74) is 1.73. The molecule has 0 saturated carbocycles. The van der Waals surface area contributed by atoms with Crippen molar-refractivity contribution in [1.82, 2.24) is 4.98 Å². The minimum Gasteiger partial charge on any atom is -0.465 e. The first-order valence-corrected chi connectivity index (χ1v) is 9.66. The molecule has 0 aliphatic heterocycles. The van der Waals surface area contributed by atoms with Crippen molar-refractivity contribution in [3.05, 3.63) is 27.1 Å². The number of carbonyl (C=O) groups excluding carboxylic acids is 3. The summed E-state index contributed by atoms with van der Waals surface area (Å²) in [7, 11) is 1.31. The lowest BCUT2D eigenvalue weighted by molar-refractivity contribution is -0.119. The lowest BCUT2D eigenvalue weighted by atomic mass is 10.1. The van der Waals surface area contributed by atoms with Crippen molar-refractivity contribution in [2.24, 2.45) is 5.92 Å². The molecule has 2 N–H and O–H groups in total. The first-order chi connectivity index (χ1) is 12.2. The normalized spacial score (nSPS) is 10.7. The number of nitrogens with zero attached hydrogens (tertiary/aromatic N) is 1. The van der Waals surface area contributed by atoms with Gasteiger partial charge in [-0.1, -0.05) is 13.8 Å². The first kappa shape index (κ1) is 20.1. The number of methoxy groups -OCH3 is 1. The van der Waals surface area contributed by atoms with E-state index in [9.17, 15) is 14.4 Å². The summed E-state index contributed by atoms with van der Waals surface area (Å²) in [6, 6.07) is 0. The quantitative estimate of drug-likeness (QED) is 0.731. The molecule has 0 atom stereocenters. The maximum Gasteiger partial charge on any atom is 0.341 e. The van der Waals surface area contributed by atoms with E-state index in [0.29, 0.717) is 21.4 Å². The molecule has 2 aromatic rings. The van der Waals surface area contributed by atoms with E-state index in [-0.39, 0.29) is 24.2 Å². The molecule has 2 heterocycles. The summed E-state index contributed by atoms with van der Waals surface area (Å²) < 4.78 is 4.80. The van der Waals surface area contributed by atoms with Crippen LogP contribution in [0.2, 0.25) is 0 Å². The lowest BCUT2D eigenvalue weighted by Crippen LogP contribution is -2.18. The largest absolute Gasteiger partial charge is 0.465 e. The van der Waals surface area contributed by atoms with E-state index < -0.39 is 5.97 Å². The van der Waals surface area contributed by atoms with E-state index in [1.54, 1.807) is 19.2 Å². The summed E-state index contributed by atoms with van der Waals surface area (Å²) in [6.45, 7) is 7.28. The van der Waals surface area contributed by atoms with Crippen molar-refractivity contribution in [3.63, 3.8) is 0 Å². The fraction of sp³-hybridized carbons (Fsp3) is 0.412. The average molecular weight is 396 g/mol. The average Bonchev–Trinajstić information content (AvgIpc) is 3.11. The molecule has 0 unspecified atom stereocenters. The number of rotatable bonds is 6. The van der Waals surface area contributed by atoms with Crippen LogP contribution < -0.4 is 10.6 Å². The van der Waals surface area contributed by atoms with Crippen LogP contribution in [0.4, 0.5) is 10.1 Å². The summed E-state index contributed by atoms with van der Waals surface area (Å²) in [4.78, 5) is 41.1. The lowest BCUT2D eigenvalue weighted by Gasteiger charge is -2.05. The smallest absolute Gasteiger partial charge is 0.341 e. The Morgan fingerprint density at radius 1 is 1.23 bits per heavy atom. The van der Waals surface area contributed by atoms with Gasteiger partial charge in [0.15, 0.2) is 5.13 Å². The Hall–Kier alpha value is -2.26. The van der Waals surface area contributed by atoms with Crippen LogP contribution in [-0.2, 0) is 20.7 Å². The minimum atomic E-state index is -0.477. The second kappa shape index (κ2) is 8.41. The Balaban J connectivity index is 2.06. The number of thiophene rings is 1. The highest BCUT2D eigenvalue weighted by molar-refractivity contribution is 7.16. The van der Waals surface area contributed by atoms with Crippen LogP contribution in [0.25, 0.3) is 0 Å². The van der Waals surface area contributed by atoms with Crippen LogP contribution in [0.1, 0.15) is 40.3 Å². The van der Waals surface area contributed by atoms with Crippen LogP contribution >= 0.6 is 22.7 Å². The number of carbonyl (C=O) groups is 3. The molecule has 140 valence electrons. The highest BCUT2D eigenvalue weighted by atomic mass is 32.1. The van der Waals surface area contributed by atoms with Gasteiger partial charge >= 0.3 is 5.97 Å². The van der Waals surface area contributed by atoms with Gasteiger partial charge in [0, 0.05) is 16.2 Å². The summed E-state index contributed by atoms with van der Waals surface area (Å²) in [6.07, 6.45) is 0.0463. The molecule has 0 aliphatic rings. The van der Waals surface area contributed by atoms with Crippen LogP contribution in [0.15, 0.2) is 5.38 Å². The number of hydrogen-bond acceptors (Lipinski definition) is 7. The van der Waals surface area contributed by atoms with Crippen molar-refractivity contribution in [1.29, 1.82) is 0 Å². The molecule has 2 rings (SSSR count). The first-order valence-electron chi connectivity index (χ1n) is 7.96. The van der Waals surface area contributed by atoms with Gasteiger partial charge in [0.2, 0.25) is 11.8 Å². The third-order valence-corrected chi connectivity index (χ3v) is 5.60. The Bertz CT molecular complexity index is 839. The van der Waals surface area contributed by atoms with Crippen LogP contribution in [0.3, 0.4) is 0 Å². The Morgan fingerprint density at radius 3 is 2.54 bits per heavy atom. The van der Waals surface area contributed by atoms with E-state index in [1.807, 2.05) is 13.8 Å². The van der Waals surface area contributed by atoms with Crippen molar-refractivity contribution < 1.29 is 19.1 Å². The molecule has 7 nitrogen and oxygen atoms in total. The fourth-order valence-corrected chi connectivity index (χ4v) is 3.87. The number of aromatic nitrogens is 1. The zero-order chi connectivity index (χ0) is 19.4. The van der Waals surface area contributed by atoms with Gasteiger partial charge < -0.3 is 15.4 Å². The topological polar surface area (TPSA) is 97.4 Å². The van der Waals surface area contributed by atoms with Gasteiger partial charge in [-0.2, -0.15) is 0 Å². The third kappa shape index (κ3) is 4.67. The molecule has 0 radical (unpaired) electrons. The minimum absolute atomic E-state index is 0.0463. The summed E-state index contributed by atoms with van der Waals surface area (Å²) >= 11 is 2.60. The van der Waals surface area contributed by atoms with Gasteiger partial charge in [0.1, 0.15) is 5.00 Å². The Labute approximate surface area is 159 Å². The van der Waals surface area contributed by atoms with Crippen molar-refractivity contribution in [2.45, 2.75) is 34.1 Å². The highest BCUT2D eigenvalue weighted by Gasteiger charge is 2.22. The second-order valence-corrected chi connectivity index (χ2v) is 8.07. The van der Waals surface area contributed by atoms with Crippen LogP contribution in [0.5, 0.6) is 0 Å². The standard InChI is InChI=1S/C17H21N3O4S2/c1-8(2)14(22)20-17-18-11(7-25-17)6-12(21)19-15-13(16(23)24-5)9(3)10(4)26-15/h7-8H,6H2,1-5H3,(H,19,21)(H,18,20,22). The predicted molar refractivity (Wildman–Crippen MR) is 103 cm³/mol. The zero-order valence-corrected chi connectivity index (χ0v) is 16.9. The van der Waals surface area contributed by atoms with E-state index in [0.717, 1.165) is 10.4 Å². The number of ether oxygens (including phenoxy) is 1. The number of anilines is 2. The monoisotopic (exact) mass is 395 g/mol. The number of nitrogens with one attached hydrogen (secondary N) is 2. The van der Waals surface area contributed by atoms with Gasteiger partial charge in [-0.05, 0) is 19.4 Å². The molecule has 2 aromatic heterocycles. The molecule has 2 amide bonds. The predicted octanol–water partition coefficient (Wildman–Crippen LogP) is 3.38. The van der Waals surface area contributed by atoms with Crippen molar-refractivity contribution in [3.8, 4) is 0 Å². The number of amides is 2. The van der Waals surface area contributed by atoms with Crippen molar-refractivity contribution >= 4 is 50.6 Å². The molecule has 0 spiro atoms. The number of aryl methyl sites for hydroxylation is 1. The van der Waals surface area contributed by atoms with Crippen LogP contribution in [0, 0.1) is 19.8 Å². The van der Waals surface area contributed by atoms with Gasteiger partial charge in [-0.3, -0.25) is 9.59 Å². The van der Waals surface area contributed by atoms with E-state index in [4.69, 9.17) is 4.74 Å². The van der Waals surface area contributed by atoms with E-state index in [1.165, 1.54) is 29.8 Å². The molecule has 0 aromatic carbocycles. The number of hydrogen-bond donors (Lipinski definition) is 2. The fourth-order valence-electron chi connectivity index (χ4n) is 2.09. The van der Waals surface area contributed by atoms with Gasteiger partial charge in [-0.15, -0.1) is 22.7 Å². The molecule has 9 heteroatoms. The van der Waals surface area contributed by atoms with E-state index >= 15 is 0 Å². The third-order valence-electron chi connectivity index (χ3n) is 3.68. The second-order valence-electron chi connectivity index (χ2n) is 5.99. The zero-order valence-electron chi connectivity index (χ0n) is 15.3. The highest BCUT2D eigenvalue weighted by Crippen LogP contribution is 2.33. The van der Waals surface area contributed by atoms with Gasteiger partial charge in [0.05, 0.1) is 24.8 Å². The SMILES string of the molecule is COC(=O)c1c(NC(=O)Cc2csc(NC(=O)C(C)C)n2)sc(C)c1C. The van der Waals surface area contributed by atoms with Crippen molar-refractivity contribution in [2.75, 3.05) is 17.7 Å². The molecular formula is C17H21N3O4S2. The molecule has 0 aliphatic carbocycles. The van der Waals surface area contributed by atoms with Gasteiger partial charge in [0.25, 0.3) is 0 Å². The maximum atomic E-state index is 12.3. The molecular weight excluding hydrogens is 374 g/mol. The van der Waals surface area contributed by atoms with Crippen LogP contribution in [-0.4, -0.2) is 29.9 Å². The Kier molecular flexibility index (Phi) is 6.49. The maximum absolute atomic E-state index is 12.3. The van der Waals surface area contributed by atoms with E-state index in [2.05, 4.69) is 15.6 Å². The number of esters is 1. The molecule has 0 fully saturated rings. The van der Waals surface area contributed by atoms with Gasteiger partial charge in [-0.25, -0.2) is 9.78 Å².